The Morgan fingerprint density at radius 2 is 2.25 bits per heavy atom. The van der Waals surface area contributed by atoms with Crippen LogP contribution >= 0.6 is 11.8 Å². The fraction of sp³-hybridized carbons (Fsp3) is 0.0833. The van der Waals surface area contributed by atoms with Crippen LogP contribution in [0.3, 0.4) is 0 Å². The van der Waals surface area contributed by atoms with Gasteiger partial charge in [-0.25, -0.2) is 0 Å². The van der Waals surface area contributed by atoms with Gasteiger partial charge in [0, 0.05) is 0 Å². The predicted molar refractivity (Wildman–Crippen MR) is 66.0 cm³/mol. The van der Waals surface area contributed by atoms with Crippen LogP contribution in [-0.4, -0.2) is 15.8 Å². The van der Waals surface area contributed by atoms with Crippen LogP contribution in [-0.2, 0) is 15.6 Å². The Hall–Kier alpha value is -0.831. The van der Waals surface area contributed by atoms with E-state index in [1.165, 1.54) is 0 Å². The van der Waals surface area contributed by atoms with Crippen molar-refractivity contribution in [1.82, 2.24) is 5.16 Å². The number of thioether (sulfide) groups is 1. The molecule has 0 amide bonds. The van der Waals surface area contributed by atoms with Crippen LogP contribution in [0, 0.1) is 7.43 Å². The molecule has 0 saturated carbocycles. The number of hydrogen-bond acceptors (Lipinski definition) is 3. The maximum absolute atomic E-state index is 5.12. The molecule has 0 atom stereocenters. The summed E-state index contributed by atoms with van der Waals surface area (Å²) in [7, 11) is 0. The van der Waals surface area contributed by atoms with Gasteiger partial charge in [0.25, 0.3) is 0 Å². The van der Waals surface area contributed by atoms with Gasteiger partial charge < -0.3 is 7.43 Å². The molecule has 0 fully saturated rings. The molecule has 4 heteroatoms. The molecule has 0 aliphatic heterocycles. The van der Waals surface area contributed by atoms with Crippen LogP contribution in [0.4, 0.5) is 0 Å². The molecule has 1 aliphatic rings. The van der Waals surface area contributed by atoms with Crippen LogP contribution in [0.5, 0.6) is 0 Å². The molecular weight excluding hydrogens is 262 g/mol. The molecule has 16 heavy (non-hydrogen) atoms. The van der Waals surface area contributed by atoms with Gasteiger partial charge in [-0.2, -0.15) is 0 Å². The molecule has 0 radical (unpaired) electrons. The zero-order valence-corrected chi connectivity index (χ0v) is 11.0. The van der Waals surface area contributed by atoms with E-state index in [-0.39, 0.29) is 7.43 Å². The van der Waals surface area contributed by atoms with Gasteiger partial charge in [-0.1, -0.05) is 0 Å². The van der Waals surface area contributed by atoms with Crippen molar-refractivity contribution < 1.29 is 20.1 Å². The van der Waals surface area contributed by atoms with Gasteiger partial charge in [-0.3, -0.25) is 0 Å². The Morgan fingerprint density at radius 1 is 1.44 bits per heavy atom. The van der Waals surface area contributed by atoms with Crippen molar-refractivity contribution in [2.45, 2.75) is 5.03 Å². The molecule has 0 N–H and O–H groups in total. The van der Waals surface area contributed by atoms with E-state index in [1.54, 1.807) is 11.8 Å². The fourth-order valence-electron chi connectivity index (χ4n) is 1.16. The molecule has 0 bridgehead atoms. The SMILES string of the molecule is CSc1cc(/C=C/C2=CC=C[C]2=[Fe+])on1.[CH3-]. The number of aromatic nitrogens is 1. The van der Waals surface area contributed by atoms with Crippen molar-refractivity contribution in [3.05, 3.63) is 49.1 Å². The molecule has 1 aliphatic carbocycles. The quantitative estimate of drug-likeness (QED) is 0.481. The predicted octanol–water partition coefficient (Wildman–Crippen LogP) is 3.08. The van der Waals surface area contributed by atoms with E-state index >= 15 is 0 Å². The summed E-state index contributed by atoms with van der Waals surface area (Å²) < 4.78 is 6.14. The van der Waals surface area contributed by atoms with E-state index in [4.69, 9.17) is 4.52 Å². The maximum Gasteiger partial charge on any atom is -0.358 e. The molecule has 0 aromatic carbocycles. The van der Waals surface area contributed by atoms with Gasteiger partial charge >= 0.3 is 100 Å². The molecule has 1 aromatic rings. The first-order chi connectivity index (χ1) is 7.29. The number of hydrogen-bond donors (Lipinski definition) is 0. The largest absolute Gasteiger partial charge is 0.358 e. The third-order valence-corrected chi connectivity index (χ3v) is 3.04. The van der Waals surface area contributed by atoms with Gasteiger partial charge in [0.15, 0.2) is 0 Å². The molecule has 1 heterocycles. The minimum absolute atomic E-state index is 0. The van der Waals surface area contributed by atoms with Gasteiger partial charge in [0.05, 0.1) is 0 Å². The van der Waals surface area contributed by atoms with Crippen molar-refractivity contribution in [2.24, 2.45) is 0 Å². The molecule has 85 valence electrons. The first kappa shape index (κ1) is 13.2. The van der Waals surface area contributed by atoms with Crippen molar-refractivity contribution in [3.63, 3.8) is 0 Å². The number of nitrogens with zero attached hydrogens (tertiary/aromatic N) is 1. The van der Waals surface area contributed by atoms with Crippen molar-refractivity contribution >= 4 is 22.3 Å². The second kappa shape index (κ2) is 6.04. The summed E-state index contributed by atoms with van der Waals surface area (Å²) in [6.45, 7) is 0. The molecule has 0 saturated heterocycles. The van der Waals surface area contributed by atoms with Gasteiger partial charge in [0.1, 0.15) is 0 Å². The van der Waals surface area contributed by atoms with E-state index in [0.29, 0.717) is 0 Å². The summed E-state index contributed by atoms with van der Waals surface area (Å²) >= 11 is 5.48. The zero-order chi connectivity index (χ0) is 10.7. The summed E-state index contributed by atoms with van der Waals surface area (Å²) in [4.78, 5) is 0. The second-order valence-corrected chi connectivity index (χ2v) is 4.34. The van der Waals surface area contributed by atoms with Crippen LogP contribution in [0.1, 0.15) is 5.76 Å². The normalized spacial score (nSPS) is 14.3. The van der Waals surface area contributed by atoms with Gasteiger partial charge in [0.2, 0.25) is 0 Å². The minimum Gasteiger partial charge on any atom is -0.358 e. The molecule has 2 rings (SSSR count). The fourth-order valence-corrected chi connectivity index (χ4v) is 1.80. The number of rotatable bonds is 3. The Labute approximate surface area is 108 Å². The standard InChI is InChI=1S/C11H9NOS.CH3.Fe/c1-14-11-8-10(13-12-11)7-6-9-4-2-3-5-9;;/h2-4,6-8H,1H3;1H3;/q;-1;+1/b7-6+;;. The van der Waals surface area contributed by atoms with Crippen LogP contribution in [0.25, 0.3) is 6.08 Å². The summed E-state index contributed by atoms with van der Waals surface area (Å²) in [5, 5.41) is 4.77. The maximum atomic E-state index is 5.12. The van der Waals surface area contributed by atoms with E-state index < -0.39 is 0 Å². The minimum atomic E-state index is 0. The summed E-state index contributed by atoms with van der Waals surface area (Å²) in [5.41, 5.74) is 1.11. The number of allylic oxidation sites excluding steroid dienone is 5. The van der Waals surface area contributed by atoms with E-state index in [9.17, 15) is 0 Å². The van der Waals surface area contributed by atoms with Crippen molar-refractivity contribution in [1.29, 1.82) is 0 Å². The molecule has 1 aromatic heterocycles. The zero-order valence-electron chi connectivity index (χ0n) is 9.08. The third-order valence-electron chi connectivity index (χ3n) is 1.93. The average molecular weight is 274 g/mol. The van der Waals surface area contributed by atoms with Crippen LogP contribution in [0.2, 0.25) is 0 Å². The Balaban J connectivity index is 0.00000128. The van der Waals surface area contributed by atoms with Crippen LogP contribution in [0.15, 0.2) is 45.5 Å². The Kier molecular flexibility index (Phi) is 5.00. The van der Waals surface area contributed by atoms with E-state index in [2.05, 4.69) is 20.7 Å². The average Bonchev–Trinajstić information content (AvgIpc) is 2.84. The Bertz CT molecular complexity index is 471. The van der Waals surface area contributed by atoms with E-state index in [0.717, 1.165) is 20.8 Å². The van der Waals surface area contributed by atoms with Gasteiger partial charge in [-0.05, 0) is 0 Å². The second-order valence-electron chi connectivity index (χ2n) is 2.92. The first-order valence-corrected chi connectivity index (χ1v) is 6.16. The molecule has 0 unspecified atom stereocenters. The summed E-state index contributed by atoms with van der Waals surface area (Å²) in [6.07, 6.45) is 11.8. The van der Waals surface area contributed by atoms with Crippen molar-refractivity contribution in [2.75, 3.05) is 6.26 Å². The third kappa shape index (κ3) is 3.08. The molecule has 2 nitrogen and oxygen atoms in total. The van der Waals surface area contributed by atoms with Crippen molar-refractivity contribution in [3.8, 4) is 0 Å². The van der Waals surface area contributed by atoms with Gasteiger partial charge in [-0.15, -0.1) is 0 Å². The molecular formula is C12H12FeNOS. The topological polar surface area (TPSA) is 26.0 Å². The smallest absolute Gasteiger partial charge is 0.358 e. The van der Waals surface area contributed by atoms with E-state index in [1.807, 2.05) is 42.7 Å². The summed E-state index contributed by atoms with van der Waals surface area (Å²) in [5.74, 6) is 0.764. The summed E-state index contributed by atoms with van der Waals surface area (Å²) in [6, 6.07) is 1.91. The van der Waals surface area contributed by atoms with Crippen LogP contribution < -0.4 is 0 Å². The molecule has 0 spiro atoms. The first-order valence-electron chi connectivity index (χ1n) is 4.38. The Morgan fingerprint density at radius 3 is 2.81 bits per heavy atom. The monoisotopic (exact) mass is 274 g/mol.